The summed E-state index contributed by atoms with van der Waals surface area (Å²) >= 11 is 0. The lowest BCUT2D eigenvalue weighted by atomic mass is 10.2. The molecule has 2 aromatic carbocycles. The van der Waals surface area contributed by atoms with E-state index in [-0.39, 0.29) is 12.4 Å². The summed E-state index contributed by atoms with van der Waals surface area (Å²) in [5.41, 5.74) is -0.104. The van der Waals surface area contributed by atoms with Crippen molar-refractivity contribution in [1.29, 1.82) is 0 Å². The van der Waals surface area contributed by atoms with Crippen molar-refractivity contribution >= 4 is 5.69 Å². The molecular formula is C13H10FNO4. The number of hydrogen-bond acceptors (Lipinski definition) is 4. The number of ether oxygens (including phenoxy) is 1. The Morgan fingerprint density at radius 1 is 1.26 bits per heavy atom. The van der Waals surface area contributed by atoms with Gasteiger partial charge in [0.25, 0.3) is 0 Å². The average molecular weight is 263 g/mol. The highest BCUT2D eigenvalue weighted by Crippen LogP contribution is 2.21. The van der Waals surface area contributed by atoms with Crippen LogP contribution in [-0.2, 0) is 6.61 Å². The Kier molecular flexibility index (Phi) is 3.61. The molecule has 5 nitrogen and oxygen atoms in total. The van der Waals surface area contributed by atoms with Crippen molar-refractivity contribution < 1.29 is 19.2 Å². The van der Waals surface area contributed by atoms with Crippen LogP contribution < -0.4 is 4.74 Å². The molecule has 0 bridgehead atoms. The Morgan fingerprint density at radius 2 is 2.05 bits per heavy atom. The van der Waals surface area contributed by atoms with E-state index in [0.717, 1.165) is 12.1 Å². The van der Waals surface area contributed by atoms with Gasteiger partial charge in [0.15, 0.2) is 0 Å². The minimum atomic E-state index is -0.901. The van der Waals surface area contributed by atoms with Gasteiger partial charge in [-0.15, -0.1) is 0 Å². The van der Waals surface area contributed by atoms with Crippen LogP contribution in [0.3, 0.4) is 0 Å². The van der Waals surface area contributed by atoms with Crippen molar-refractivity contribution in [1.82, 2.24) is 0 Å². The lowest BCUT2D eigenvalue weighted by Gasteiger charge is -2.06. The highest BCUT2D eigenvalue weighted by Gasteiger charge is 2.13. The van der Waals surface area contributed by atoms with E-state index in [1.165, 1.54) is 18.2 Å². The van der Waals surface area contributed by atoms with Crippen molar-refractivity contribution in [3.63, 3.8) is 0 Å². The number of phenols is 1. The van der Waals surface area contributed by atoms with Crippen molar-refractivity contribution in [2.45, 2.75) is 6.61 Å². The largest absolute Gasteiger partial charge is 0.508 e. The molecule has 0 aliphatic carbocycles. The summed E-state index contributed by atoms with van der Waals surface area (Å²) in [6.45, 7) is 0.0539. The second-order valence-electron chi connectivity index (χ2n) is 3.83. The van der Waals surface area contributed by atoms with Gasteiger partial charge in [0, 0.05) is 12.1 Å². The van der Waals surface area contributed by atoms with Gasteiger partial charge in [0.2, 0.25) is 5.82 Å². The molecule has 0 heterocycles. The zero-order valence-corrected chi connectivity index (χ0v) is 9.75. The Bertz CT molecular complexity index is 615. The third kappa shape index (κ3) is 3.19. The van der Waals surface area contributed by atoms with Crippen LogP contribution in [0.2, 0.25) is 0 Å². The molecule has 0 atom stereocenters. The second kappa shape index (κ2) is 5.34. The fraction of sp³-hybridized carbons (Fsp3) is 0.0769. The zero-order chi connectivity index (χ0) is 13.8. The maximum Gasteiger partial charge on any atom is 0.304 e. The van der Waals surface area contributed by atoms with Gasteiger partial charge in [-0.3, -0.25) is 10.1 Å². The third-order valence-corrected chi connectivity index (χ3v) is 2.43. The molecular weight excluding hydrogens is 253 g/mol. The molecule has 0 unspecified atom stereocenters. The van der Waals surface area contributed by atoms with Gasteiger partial charge in [-0.2, -0.15) is 4.39 Å². The molecule has 0 radical (unpaired) electrons. The van der Waals surface area contributed by atoms with Gasteiger partial charge in [-0.1, -0.05) is 6.07 Å². The average Bonchev–Trinajstić information content (AvgIpc) is 2.36. The second-order valence-corrected chi connectivity index (χ2v) is 3.83. The number of halogens is 1. The summed E-state index contributed by atoms with van der Waals surface area (Å²) < 4.78 is 18.7. The first-order valence-electron chi connectivity index (χ1n) is 5.41. The van der Waals surface area contributed by atoms with Crippen molar-refractivity contribution in [3.8, 4) is 11.5 Å². The molecule has 2 rings (SSSR count). The quantitative estimate of drug-likeness (QED) is 0.679. The van der Waals surface area contributed by atoms with E-state index in [0.29, 0.717) is 11.3 Å². The third-order valence-electron chi connectivity index (χ3n) is 2.43. The van der Waals surface area contributed by atoms with Gasteiger partial charge >= 0.3 is 5.69 Å². The van der Waals surface area contributed by atoms with Crippen molar-refractivity contribution in [2.75, 3.05) is 0 Å². The van der Waals surface area contributed by atoms with Crippen LogP contribution in [0.25, 0.3) is 0 Å². The van der Waals surface area contributed by atoms with Gasteiger partial charge in [-0.05, 0) is 29.8 Å². The summed E-state index contributed by atoms with van der Waals surface area (Å²) in [4.78, 5) is 9.67. The summed E-state index contributed by atoms with van der Waals surface area (Å²) in [5, 5.41) is 19.7. The Labute approximate surface area is 108 Å². The maximum atomic E-state index is 13.4. The van der Waals surface area contributed by atoms with E-state index < -0.39 is 16.4 Å². The van der Waals surface area contributed by atoms with Crippen LogP contribution >= 0.6 is 0 Å². The molecule has 0 fully saturated rings. The normalized spacial score (nSPS) is 10.2. The van der Waals surface area contributed by atoms with Crippen LogP contribution in [0.1, 0.15) is 5.56 Å². The van der Waals surface area contributed by atoms with E-state index in [1.54, 1.807) is 12.1 Å². The van der Waals surface area contributed by atoms with Crippen LogP contribution in [0.15, 0.2) is 42.5 Å². The highest BCUT2D eigenvalue weighted by molar-refractivity contribution is 5.35. The molecule has 0 saturated heterocycles. The molecule has 0 spiro atoms. The van der Waals surface area contributed by atoms with Gasteiger partial charge < -0.3 is 9.84 Å². The fourth-order valence-electron chi connectivity index (χ4n) is 1.53. The van der Waals surface area contributed by atoms with E-state index in [2.05, 4.69) is 0 Å². The molecule has 6 heteroatoms. The number of hydrogen-bond donors (Lipinski definition) is 1. The van der Waals surface area contributed by atoms with E-state index >= 15 is 0 Å². The molecule has 19 heavy (non-hydrogen) atoms. The van der Waals surface area contributed by atoms with Crippen molar-refractivity contribution in [3.05, 3.63) is 64.0 Å². The number of phenolic OH excluding ortho intramolecular Hbond substituents is 1. The highest BCUT2D eigenvalue weighted by atomic mass is 19.1. The monoisotopic (exact) mass is 263 g/mol. The summed E-state index contributed by atoms with van der Waals surface area (Å²) in [6.07, 6.45) is 0. The SMILES string of the molecule is O=[N+]([O-])c1ccc(COc2cccc(O)c2)cc1F. The summed E-state index contributed by atoms with van der Waals surface area (Å²) in [5.74, 6) is -0.409. The van der Waals surface area contributed by atoms with E-state index in [4.69, 9.17) is 4.74 Å². The van der Waals surface area contributed by atoms with E-state index in [1.807, 2.05) is 0 Å². The number of aromatic hydroxyl groups is 1. The van der Waals surface area contributed by atoms with Crippen molar-refractivity contribution in [2.24, 2.45) is 0 Å². The Hall–Kier alpha value is -2.63. The molecule has 0 aliphatic rings. The van der Waals surface area contributed by atoms with E-state index in [9.17, 15) is 19.6 Å². The number of rotatable bonds is 4. The van der Waals surface area contributed by atoms with Crippen LogP contribution in [0.4, 0.5) is 10.1 Å². The minimum Gasteiger partial charge on any atom is -0.508 e. The summed E-state index contributed by atoms with van der Waals surface area (Å²) in [7, 11) is 0. The molecule has 1 N–H and O–H groups in total. The zero-order valence-electron chi connectivity index (χ0n) is 9.75. The Morgan fingerprint density at radius 3 is 2.68 bits per heavy atom. The van der Waals surface area contributed by atoms with Crippen LogP contribution in [-0.4, -0.2) is 10.0 Å². The number of nitrogens with zero attached hydrogens (tertiary/aromatic N) is 1. The van der Waals surface area contributed by atoms with Gasteiger partial charge in [0.1, 0.15) is 18.1 Å². The fourth-order valence-corrected chi connectivity index (χ4v) is 1.53. The maximum absolute atomic E-state index is 13.4. The molecule has 0 aromatic heterocycles. The topological polar surface area (TPSA) is 72.6 Å². The first-order valence-corrected chi connectivity index (χ1v) is 5.41. The first kappa shape index (κ1) is 12.8. The minimum absolute atomic E-state index is 0.0539. The lowest BCUT2D eigenvalue weighted by Crippen LogP contribution is -1.98. The smallest absolute Gasteiger partial charge is 0.304 e. The molecule has 0 saturated carbocycles. The molecule has 98 valence electrons. The number of benzene rings is 2. The number of nitro groups is 1. The van der Waals surface area contributed by atoms with Gasteiger partial charge in [0.05, 0.1) is 4.92 Å². The van der Waals surface area contributed by atoms with Crippen LogP contribution in [0.5, 0.6) is 11.5 Å². The Balaban J connectivity index is 2.08. The first-order chi connectivity index (χ1) is 9.06. The predicted octanol–water partition coefficient (Wildman–Crippen LogP) is 3.02. The van der Waals surface area contributed by atoms with Gasteiger partial charge in [-0.25, -0.2) is 0 Å². The number of nitro benzene ring substituents is 1. The lowest BCUT2D eigenvalue weighted by molar-refractivity contribution is -0.387. The molecule has 0 aliphatic heterocycles. The summed E-state index contributed by atoms with van der Waals surface area (Å²) in [6, 6.07) is 9.74. The standard InChI is InChI=1S/C13H10FNO4/c14-12-6-9(4-5-13(12)15(17)18)8-19-11-3-1-2-10(16)7-11/h1-7,16H,8H2. The predicted molar refractivity (Wildman–Crippen MR) is 65.5 cm³/mol. The molecule has 2 aromatic rings. The molecule has 0 amide bonds. The van der Waals surface area contributed by atoms with Crippen LogP contribution in [0, 0.1) is 15.9 Å².